The summed E-state index contributed by atoms with van der Waals surface area (Å²) in [5, 5.41) is 0.300. The van der Waals surface area contributed by atoms with E-state index in [1.807, 2.05) is 0 Å². The van der Waals surface area contributed by atoms with Crippen molar-refractivity contribution in [2.24, 2.45) is 0 Å². The fraction of sp³-hybridized carbons (Fsp3) is 0.652. The molecule has 0 aliphatic carbocycles. The van der Waals surface area contributed by atoms with E-state index >= 15 is 0 Å². The summed E-state index contributed by atoms with van der Waals surface area (Å²) < 4.78 is 53.2. The maximum absolute atomic E-state index is 14.4. The van der Waals surface area contributed by atoms with Crippen LogP contribution in [0.25, 0.3) is 0 Å². The van der Waals surface area contributed by atoms with Crippen molar-refractivity contribution in [3.05, 3.63) is 44.5 Å². The molecular weight excluding hydrogens is 503 g/mol. The van der Waals surface area contributed by atoms with Crippen molar-refractivity contribution in [1.82, 2.24) is 0 Å². The van der Waals surface area contributed by atoms with Crippen LogP contribution in [-0.4, -0.2) is 31.2 Å². The van der Waals surface area contributed by atoms with Crippen LogP contribution in [0.4, 0.5) is 13.2 Å². The van der Waals surface area contributed by atoms with Crippen LogP contribution in [0.15, 0.2) is 33.9 Å². The Labute approximate surface area is 182 Å². The van der Waals surface area contributed by atoms with E-state index in [-0.39, 0.29) is 12.2 Å². The summed E-state index contributed by atoms with van der Waals surface area (Å²) in [4.78, 5) is 0. The molecule has 1 heterocycles. The van der Waals surface area contributed by atoms with Crippen molar-refractivity contribution in [2.75, 3.05) is 6.61 Å². The fourth-order valence-corrected chi connectivity index (χ4v) is 20.9. The van der Waals surface area contributed by atoms with Crippen LogP contribution in [-0.2, 0) is 10.3 Å². The van der Waals surface area contributed by atoms with E-state index in [1.54, 1.807) is 12.1 Å². The van der Waals surface area contributed by atoms with E-state index in [0.717, 1.165) is 55.4 Å². The van der Waals surface area contributed by atoms with Crippen LogP contribution in [0.1, 0.15) is 64.9 Å². The van der Waals surface area contributed by atoms with Crippen LogP contribution in [0.2, 0.25) is 18.3 Å². The number of halogens is 4. The third-order valence-corrected chi connectivity index (χ3v) is 22.4. The topological polar surface area (TPSA) is 9.23 Å². The number of unbranched alkanes of at least 4 members (excludes halogenated alkanes) is 3. The molecule has 0 saturated heterocycles. The second kappa shape index (κ2) is 10.9. The Morgan fingerprint density at radius 2 is 1.55 bits per heavy atom. The SMILES string of the molecule is CCC[CH2][Sn]([CH2]CCC)([CH2]CCC)[C]1=CC(c2cccc(Cl)c2)(C(F)(F)F)OC1. The van der Waals surface area contributed by atoms with Gasteiger partial charge in [0.25, 0.3) is 0 Å². The Bertz CT molecular complexity index is 667. The molecule has 1 aromatic carbocycles. The molecule has 1 aliphatic rings. The van der Waals surface area contributed by atoms with Crippen LogP contribution in [0, 0.1) is 0 Å². The molecule has 1 nitrogen and oxygen atoms in total. The molecule has 0 spiro atoms. The van der Waals surface area contributed by atoms with Gasteiger partial charge in [-0.3, -0.25) is 0 Å². The summed E-state index contributed by atoms with van der Waals surface area (Å²) in [6.07, 6.45) is 3.55. The van der Waals surface area contributed by atoms with Gasteiger partial charge in [0.1, 0.15) is 0 Å². The number of alkyl halides is 3. The van der Waals surface area contributed by atoms with Gasteiger partial charge in [-0.1, -0.05) is 0 Å². The summed E-state index contributed by atoms with van der Waals surface area (Å²) >= 11 is 3.07. The molecule has 1 aliphatic heterocycles. The normalized spacial score (nSPS) is 20.2. The van der Waals surface area contributed by atoms with E-state index in [9.17, 15) is 13.2 Å². The standard InChI is InChI=1S/C11H7ClF3O.3C4H9.Sn/c12-9-4-1-3-8(7-9)10(11(13,14)15)5-2-6-16-10;3*1-3-4-2;/h1,3-5,7H,6H2;3*1,3-4H2,2H3;. The summed E-state index contributed by atoms with van der Waals surface area (Å²) in [6, 6.07) is 6.06. The Morgan fingerprint density at radius 1 is 1.00 bits per heavy atom. The monoisotopic (exact) mass is 538 g/mol. The minimum atomic E-state index is -4.52. The predicted octanol–water partition coefficient (Wildman–Crippen LogP) is 8.44. The molecule has 164 valence electrons. The first-order valence-electron chi connectivity index (χ1n) is 10.9. The van der Waals surface area contributed by atoms with Gasteiger partial charge in [0.15, 0.2) is 0 Å². The van der Waals surface area contributed by atoms with Gasteiger partial charge < -0.3 is 0 Å². The van der Waals surface area contributed by atoms with Crippen molar-refractivity contribution in [2.45, 2.75) is 84.4 Å². The van der Waals surface area contributed by atoms with Gasteiger partial charge in [-0.2, -0.15) is 0 Å². The Kier molecular flexibility index (Phi) is 9.42. The molecule has 29 heavy (non-hydrogen) atoms. The van der Waals surface area contributed by atoms with Crippen molar-refractivity contribution in [1.29, 1.82) is 0 Å². The number of hydrogen-bond donors (Lipinski definition) is 0. The van der Waals surface area contributed by atoms with Crippen molar-refractivity contribution >= 4 is 30.0 Å². The average molecular weight is 538 g/mol. The first-order chi connectivity index (χ1) is 13.7. The zero-order valence-corrected chi connectivity index (χ0v) is 21.5. The third kappa shape index (κ3) is 5.74. The molecule has 0 fully saturated rings. The Balaban J connectivity index is 2.56. The van der Waals surface area contributed by atoms with E-state index in [4.69, 9.17) is 16.3 Å². The number of ether oxygens (including phenoxy) is 1. The van der Waals surface area contributed by atoms with Crippen LogP contribution in [0.5, 0.6) is 0 Å². The molecule has 0 N–H and O–H groups in total. The summed E-state index contributed by atoms with van der Waals surface area (Å²) in [7, 11) is 0. The van der Waals surface area contributed by atoms with Crippen LogP contribution in [0.3, 0.4) is 0 Å². The average Bonchev–Trinajstić information content (AvgIpc) is 3.15. The maximum atomic E-state index is 14.4. The number of benzene rings is 1. The zero-order chi connectivity index (χ0) is 21.5. The molecule has 1 aromatic rings. The van der Waals surface area contributed by atoms with E-state index < -0.39 is 30.2 Å². The summed E-state index contributed by atoms with van der Waals surface area (Å²) in [5.74, 6) is 0. The first kappa shape index (κ1) is 25.1. The van der Waals surface area contributed by atoms with Crippen LogP contribution >= 0.6 is 11.6 Å². The number of hydrogen-bond acceptors (Lipinski definition) is 1. The Hall–Kier alpha value is -0.201. The molecule has 6 heteroatoms. The molecule has 0 radical (unpaired) electrons. The zero-order valence-electron chi connectivity index (χ0n) is 17.9. The molecule has 2 rings (SSSR count). The molecule has 1 atom stereocenters. The van der Waals surface area contributed by atoms with E-state index in [0.29, 0.717) is 5.02 Å². The van der Waals surface area contributed by atoms with Gasteiger partial charge in [0.05, 0.1) is 0 Å². The molecule has 1 unspecified atom stereocenters. The van der Waals surface area contributed by atoms with Crippen molar-refractivity contribution in [3.8, 4) is 0 Å². The Morgan fingerprint density at radius 3 is 2.00 bits per heavy atom. The predicted molar refractivity (Wildman–Crippen MR) is 118 cm³/mol. The quantitative estimate of drug-likeness (QED) is 0.257. The molecule has 0 aromatic heterocycles. The minimum absolute atomic E-state index is 0.0918. The van der Waals surface area contributed by atoms with Crippen molar-refractivity contribution in [3.63, 3.8) is 0 Å². The summed E-state index contributed by atoms with van der Waals surface area (Å²) in [6.45, 7) is 6.63. The van der Waals surface area contributed by atoms with Gasteiger partial charge in [-0.05, 0) is 0 Å². The van der Waals surface area contributed by atoms with Gasteiger partial charge in [-0.25, -0.2) is 0 Å². The third-order valence-electron chi connectivity index (χ3n) is 6.22. The van der Waals surface area contributed by atoms with Gasteiger partial charge in [-0.15, -0.1) is 0 Å². The molecule has 0 bridgehead atoms. The summed E-state index contributed by atoms with van der Waals surface area (Å²) in [5.41, 5.74) is -2.27. The first-order valence-corrected chi connectivity index (χ1v) is 18.8. The van der Waals surface area contributed by atoms with Gasteiger partial charge in [0, 0.05) is 0 Å². The van der Waals surface area contributed by atoms with E-state index in [1.165, 1.54) is 18.2 Å². The second-order valence-electron chi connectivity index (χ2n) is 8.29. The van der Waals surface area contributed by atoms with Crippen LogP contribution < -0.4 is 0 Å². The second-order valence-corrected chi connectivity index (χ2v) is 22.2. The number of rotatable bonds is 11. The van der Waals surface area contributed by atoms with E-state index in [2.05, 4.69) is 20.8 Å². The van der Waals surface area contributed by atoms with Gasteiger partial charge in [0.2, 0.25) is 0 Å². The molecule has 0 saturated carbocycles. The molecule has 0 amide bonds. The molecular formula is C23H34ClF3OSn. The van der Waals surface area contributed by atoms with Crippen molar-refractivity contribution < 1.29 is 17.9 Å². The van der Waals surface area contributed by atoms with Gasteiger partial charge >= 0.3 is 183 Å². The fourth-order valence-electron chi connectivity index (χ4n) is 4.44.